The molecular formula is C16H25NO3. The van der Waals surface area contributed by atoms with Crippen molar-refractivity contribution in [2.45, 2.75) is 39.0 Å². The fourth-order valence-corrected chi connectivity index (χ4v) is 2.35. The average Bonchev–Trinajstić information content (AvgIpc) is 2.49. The maximum atomic E-state index is 9.21. The fraction of sp³-hybridized carbons (Fsp3) is 0.625. The van der Waals surface area contributed by atoms with Gasteiger partial charge in [-0.3, -0.25) is 4.90 Å². The third-order valence-electron chi connectivity index (χ3n) is 3.62. The normalized spacial score (nSPS) is 23.8. The Balaban J connectivity index is 1.91. The molecule has 0 radical (unpaired) electrons. The predicted octanol–water partition coefficient (Wildman–Crippen LogP) is 2.06. The number of ether oxygens (including phenoxy) is 2. The van der Waals surface area contributed by atoms with Crippen molar-refractivity contribution in [1.29, 1.82) is 0 Å². The molecule has 2 unspecified atom stereocenters. The minimum Gasteiger partial charge on any atom is -0.494 e. The van der Waals surface area contributed by atoms with Crippen LogP contribution in [0.15, 0.2) is 24.3 Å². The van der Waals surface area contributed by atoms with Crippen LogP contribution in [0, 0.1) is 0 Å². The van der Waals surface area contributed by atoms with E-state index in [0.717, 1.165) is 31.9 Å². The second kappa shape index (κ2) is 7.62. The Bertz CT molecular complexity index is 393. The molecule has 1 N–H and O–H groups in total. The molecule has 1 aromatic carbocycles. The highest BCUT2D eigenvalue weighted by Crippen LogP contribution is 2.18. The van der Waals surface area contributed by atoms with Gasteiger partial charge in [0.25, 0.3) is 0 Å². The first-order chi connectivity index (χ1) is 9.72. The van der Waals surface area contributed by atoms with Crippen LogP contribution in [-0.2, 0) is 11.3 Å². The smallest absolute Gasteiger partial charge is 0.119 e. The maximum absolute atomic E-state index is 9.21. The lowest BCUT2D eigenvalue weighted by molar-refractivity contribution is -0.0805. The second-order valence-electron chi connectivity index (χ2n) is 5.41. The number of rotatable bonds is 6. The Hall–Kier alpha value is -1.10. The van der Waals surface area contributed by atoms with Crippen molar-refractivity contribution in [3.8, 4) is 5.75 Å². The third kappa shape index (κ3) is 4.20. The topological polar surface area (TPSA) is 41.9 Å². The molecule has 0 aliphatic carbocycles. The van der Waals surface area contributed by atoms with Crippen molar-refractivity contribution in [3.63, 3.8) is 0 Å². The molecular weight excluding hydrogens is 254 g/mol. The van der Waals surface area contributed by atoms with Crippen LogP contribution < -0.4 is 4.74 Å². The highest BCUT2D eigenvalue weighted by molar-refractivity contribution is 5.27. The molecule has 0 saturated carbocycles. The van der Waals surface area contributed by atoms with Gasteiger partial charge in [-0.25, -0.2) is 0 Å². The molecule has 1 aliphatic rings. The van der Waals surface area contributed by atoms with Gasteiger partial charge in [0.05, 0.1) is 25.9 Å². The summed E-state index contributed by atoms with van der Waals surface area (Å²) in [5.41, 5.74) is 1.26. The standard InChI is InChI=1S/C16H25NO3/c1-3-8-19-15-6-4-14(5-7-15)9-17-10-16(11-18)20-12-13(17)2/h4-7,13,16,18H,3,8-12H2,1-2H3. The Labute approximate surface area is 121 Å². The molecule has 2 atom stereocenters. The number of hydrogen-bond donors (Lipinski definition) is 1. The zero-order valence-electron chi connectivity index (χ0n) is 12.4. The molecule has 4 heteroatoms. The lowest BCUT2D eigenvalue weighted by Gasteiger charge is -2.37. The van der Waals surface area contributed by atoms with Crippen LogP contribution in [0.3, 0.4) is 0 Å². The SMILES string of the molecule is CCCOc1ccc(CN2CC(CO)OCC2C)cc1. The van der Waals surface area contributed by atoms with Crippen molar-refractivity contribution in [2.24, 2.45) is 0 Å². The molecule has 2 rings (SSSR count). The lowest BCUT2D eigenvalue weighted by Crippen LogP contribution is -2.48. The monoisotopic (exact) mass is 279 g/mol. The van der Waals surface area contributed by atoms with Gasteiger partial charge in [0.1, 0.15) is 5.75 Å². The van der Waals surface area contributed by atoms with Gasteiger partial charge in [-0.15, -0.1) is 0 Å². The number of aliphatic hydroxyl groups is 1. The Morgan fingerprint density at radius 3 is 2.75 bits per heavy atom. The van der Waals surface area contributed by atoms with E-state index in [1.165, 1.54) is 5.56 Å². The van der Waals surface area contributed by atoms with Gasteiger partial charge >= 0.3 is 0 Å². The van der Waals surface area contributed by atoms with E-state index < -0.39 is 0 Å². The zero-order valence-corrected chi connectivity index (χ0v) is 12.4. The summed E-state index contributed by atoms with van der Waals surface area (Å²) in [5, 5.41) is 9.21. The lowest BCUT2D eigenvalue weighted by atomic mass is 10.1. The van der Waals surface area contributed by atoms with Gasteiger partial charge < -0.3 is 14.6 Å². The quantitative estimate of drug-likeness (QED) is 0.865. The van der Waals surface area contributed by atoms with E-state index in [1.807, 2.05) is 12.1 Å². The summed E-state index contributed by atoms with van der Waals surface area (Å²) in [4.78, 5) is 2.35. The summed E-state index contributed by atoms with van der Waals surface area (Å²) in [7, 11) is 0. The number of morpholine rings is 1. The van der Waals surface area contributed by atoms with Crippen LogP contribution in [0.5, 0.6) is 5.75 Å². The Morgan fingerprint density at radius 2 is 2.10 bits per heavy atom. The average molecular weight is 279 g/mol. The third-order valence-corrected chi connectivity index (χ3v) is 3.62. The zero-order chi connectivity index (χ0) is 14.4. The van der Waals surface area contributed by atoms with E-state index in [1.54, 1.807) is 0 Å². The number of nitrogens with zero attached hydrogens (tertiary/aromatic N) is 1. The van der Waals surface area contributed by atoms with E-state index in [0.29, 0.717) is 12.6 Å². The highest BCUT2D eigenvalue weighted by atomic mass is 16.5. The summed E-state index contributed by atoms with van der Waals surface area (Å²) in [6.07, 6.45) is 0.966. The van der Waals surface area contributed by atoms with E-state index in [9.17, 15) is 5.11 Å². The molecule has 0 amide bonds. The molecule has 20 heavy (non-hydrogen) atoms. The van der Waals surface area contributed by atoms with Crippen LogP contribution in [0.1, 0.15) is 25.8 Å². The molecule has 1 saturated heterocycles. The van der Waals surface area contributed by atoms with E-state index >= 15 is 0 Å². The minimum absolute atomic E-state index is 0.0571. The summed E-state index contributed by atoms with van der Waals surface area (Å²) in [5.74, 6) is 0.930. The van der Waals surface area contributed by atoms with Crippen molar-refractivity contribution in [3.05, 3.63) is 29.8 Å². The van der Waals surface area contributed by atoms with Crippen LogP contribution in [0.25, 0.3) is 0 Å². The van der Waals surface area contributed by atoms with Gasteiger partial charge in [-0.1, -0.05) is 19.1 Å². The van der Waals surface area contributed by atoms with Gasteiger partial charge in [-0.2, -0.15) is 0 Å². The van der Waals surface area contributed by atoms with Crippen LogP contribution in [0.4, 0.5) is 0 Å². The molecule has 112 valence electrons. The molecule has 1 aromatic rings. The largest absolute Gasteiger partial charge is 0.494 e. The molecule has 1 fully saturated rings. The molecule has 0 bridgehead atoms. The number of benzene rings is 1. The van der Waals surface area contributed by atoms with E-state index in [4.69, 9.17) is 9.47 Å². The molecule has 4 nitrogen and oxygen atoms in total. The number of aliphatic hydroxyl groups excluding tert-OH is 1. The van der Waals surface area contributed by atoms with Gasteiger partial charge in [0.15, 0.2) is 0 Å². The van der Waals surface area contributed by atoms with Crippen molar-refractivity contribution < 1.29 is 14.6 Å². The maximum Gasteiger partial charge on any atom is 0.119 e. The van der Waals surface area contributed by atoms with Gasteiger partial charge in [-0.05, 0) is 31.0 Å². The van der Waals surface area contributed by atoms with Crippen molar-refractivity contribution in [1.82, 2.24) is 4.90 Å². The Kier molecular flexibility index (Phi) is 5.83. The van der Waals surface area contributed by atoms with Crippen LogP contribution in [0.2, 0.25) is 0 Å². The van der Waals surface area contributed by atoms with Crippen LogP contribution >= 0.6 is 0 Å². The first-order valence-electron chi connectivity index (χ1n) is 7.41. The molecule has 0 spiro atoms. The fourth-order valence-electron chi connectivity index (χ4n) is 2.35. The minimum atomic E-state index is -0.0571. The van der Waals surface area contributed by atoms with E-state index in [-0.39, 0.29) is 12.7 Å². The van der Waals surface area contributed by atoms with Crippen LogP contribution in [-0.4, -0.2) is 48.5 Å². The van der Waals surface area contributed by atoms with Gasteiger partial charge in [0, 0.05) is 19.1 Å². The van der Waals surface area contributed by atoms with Crippen molar-refractivity contribution >= 4 is 0 Å². The highest BCUT2D eigenvalue weighted by Gasteiger charge is 2.25. The predicted molar refractivity (Wildman–Crippen MR) is 78.9 cm³/mol. The molecule has 1 heterocycles. The van der Waals surface area contributed by atoms with E-state index in [2.05, 4.69) is 30.9 Å². The second-order valence-corrected chi connectivity index (χ2v) is 5.41. The first-order valence-corrected chi connectivity index (χ1v) is 7.41. The van der Waals surface area contributed by atoms with Crippen molar-refractivity contribution in [2.75, 3.05) is 26.4 Å². The Morgan fingerprint density at radius 1 is 1.35 bits per heavy atom. The summed E-state index contributed by atoms with van der Waals surface area (Å²) < 4.78 is 11.1. The molecule has 0 aromatic heterocycles. The summed E-state index contributed by atoms with van der Waals surface area (Å²) in [6.45, 7) is 7.47. The van der Waals surface area contributed by atoms with Gasteiger partial charge in [0.2, 0.25) is 0 Å². The number of hydrogen-bond acceptors (Lipinski definition) is 4. The molecule has 1 aliphatic heterocycles. The summed E-state index contributed by atoms with van der Waals surface area (Å²) >= 11 is 0. The summed E-state index contributed by atoms with van der Waals surface area (Å²) in [6, 6.07) is 8.66. The first kappa shape index (κ1) is 15.3.